The van der Waals surface area contributed by atoms with E-state index < -0.39 is 42.3 Å². The molecule has 0 saturated carbocycles. The molecule has 0 aromatic heterocycles. The first-order chi connectivity index (χ1) is 14.7. The summed E-state index contributed by atoms with van der Waals surface area (Å²) in [7, 11) is 0. The summed E-state index contributed by atoms with van der Waals surface area (Å²) in [6.45, 7) is -0.528. The Morgan fingerprint density at radius 1 is 1.00 bits per heavy atom. The summed E-state index contributed by atoms with van der Waals surface area (Å²) in [6, 6.07) is 6.89. The van der Waals surface area contributed by atoms with Crippen LogP contribution in [0.25, 0.3) is 0 Å². The van der Waals surface area contributed by atoms with Gasteiger partial charge in [-0.3, -0.25) is 19.4 Å². The molecule has 12 nitrogen and oxygen atoms in total. The summed E-state index contributed by atoms with van der Waals surface area (Å²) >= 11 is 0. The first-order valence-corrected chi connectivity index (χ1v) is 9.61. The molecular weight excluding hydrogens is 406 g/mol. The lowest BCUT2D eigenvalue weighted by molar-refractivity contribution is -0.142. The number of nitrogens with one attached hydrogen (secondary N) is 3. The number of hydrogen-bond donors (Lipinski definition) is 7. The second kappa shape index (κ2) is 13.5. The normalized spacial score (nSPS) is 12.2. The maximum Gasteiger partial charge on any atom is 0.326 e. The van der Waals surface area contributed by atoms with E-state index in [9.17, 15) is 24.3 Å². The van der Waals surface area contributed by atoms with Crippen molar-refractivity contribution in [1.82, 2.24) is 16.0 Å². The van der Waals surface area contributed by atoms with E-state index in [2.05, 4.69) is 20.9 Å². The summed E-state index contributed by atoms with van der Waals surface area (Å²) in [5.41, 5.74) is 16.5. The van der Waals surface area contributed by atoms with Gasteiger partial charge < -0.3 is 38.3 Å². The van der Waals surface area contributed by atoms with Gasteiger partial charge in [0.15, 0.2) is 5.96 Å². The van der Waals surface area contributed by atoms with Crippen LogP contribution in [0.1, 0.15) is 18.4 Å². The lowest BCUT2D eigenvalue weighted by Gasteiger charge is -2.19. The van der Waals surface area contributed by atoms with Gasteiger partial charge in [-0.15, -0.1) is 0 Å². The van der Waals surface area contributed by atoms with Gasteiger partial charge in [0.1, 0.15) is 12.1 Å². The number of aliphatic imine (C=N–C) groups is 1. The fourth-order valence-corrected chi connectivity index (χ4v) is 2.61. The van der Waals surface area contributed by atoms with Gasteiger partial charge in [-0.05, 0) is 18.4 Å². The Labute approximate surface area is 179 Å². The first kappa shape index (κ1) is 25.4. The molecule has 0 heterocycles. The number of guanidine groups is 1. The molecule has 1 rings (SSSR count). The number of nitrogens with two attached hydrogens (primary N) is 3. The number of aliphatic carboxylic acids is 1. The maximum absolute atomic E-state index is 12.5. The summed E-state index contributed by atoms with van der Waals surface area (Å²) in [5, 5.41) is 16.5. The second-order valence-electron chi connectivity index (χ2n) is 6.64. The third kappa shape index (κ3) is 10.6. The van der Waals surface area contributed by atoms with Crippen molar-refractivity contribution in [2.45, 2.75) is 31.3 Å². The molecule has 0 radical (unpaired) electrons. The topological polar surface area (TPSA) is 215 Å². The van der Waals surface area contributed by atoms with Crippen molar-refractivity contribution in [3.63, 3.8) is 0 Å². The summed E-state index contributed by atoms with van der Waals surface area (Å²) < 4.78 is 0. The lowest BCUT2D eigenvalue weighted by atomic mass is 10.1. The molecule has 0 aliphatic heterocycles. The molecule has 1 aromatic rings. The van der Waals surface area contributed by atoms with Gasteiger partial charge in [-0.1, -0.05) is 30.3 Å². The minimum atomic E-state index is -1.22. The third-order valence-corrected chi connectivity index (χ3v) is 4.12. The Kier molecular flexibility index (Phi) is 11.1. The van der Waals surface area contributed by atoms with Crippen molar-refractivity contribution in [2.75, 3.05) is 19.6 Å². The van der Waals surface area contributed by atoms with E-state index in [-0.39, 0.29) is 31.9 Å². The highest BCUT2D eigenvalue weighted by atomic mass is 16.4. The number of nitrogens with zero attached hydrogens (tertiary/aromatic N) is 1. The van der Waals surface area contributed by atoms with Crippen LogP contribution in [-0.2, 0) is 25.6 Å². The maximum atomic E-state index is 12.5. The van der Waals surface area contributed by atoms with Crippen molar-refractivity contribution in [3.05, 3.63) is 35.9 Å². The van der Waals surface area contributed by atoms with Crippen LogP contribution in [0, 0.1) is 0 Å². The van der Waals surface area contributed by atoms with Crippen molar-refractivity contribution in [1.29, 1.82) is 0 Å². The largest absolute Gasteiger partial charge is 0.480 e. The Bertz CT molecular complexity index is 781. The molecule has 0 aliphatic rings. The minimum Gasteiger partial charge on any atom is -0.480 e. The standard InChI is InChI=1S/C19H29N7O5/c20-10-15(27)26-14(9-12-5-2-1-3-6-12)17(29)24-11-16(28)25-13(18(30)31)7-4-8-23-19(21)22/h1-3,5-6,13-14H,4,7-11,20H2,(H,24,29)(H,25,28)(H,26,27)(H,30,31)(H4,21,22,23). The van der Waals surface area contributed by atoms with Gasteiger partial charge in [0.25, 0.3) is 0 Å². The van der Waals surface area contributed by atoms with Crippen molar-refractivity contribution in [3.8, 4) is 0 Å². The number of hydrogen-bond acceptors (Lipinski definition) is 6. The number of carbonyl (C=O) groups is 4. The third-order valence-electron chi connectivity index (χ3n) is 4.12. The molecule has 2 unspecified atom stereocenters. The highest BCUT2D eigenvalue weighted by molar-refractivity contribution is 5.92. The molecule has 10 N–H and O–H groups in total. The first-order valence-electron chi connectivity index (χ1n) is 9.61. The Morgan fingerprint density at radius 3 is 2.23 bits per heavy atom. The fraction of sp³-hybridized carbons (Fsp3) is 0.421. The molecule has 0 saturated heterocycles. The molecule has 0 fully saturated rings. The quantitative estimate of drug-likeness (QED) is 0.0988. The van der Waals surface area contributed by atoms with E-state index in [0.717, 1.165) is 5.56 Å². The molecule has 0 aliphatic carbocycles. The van der Waals surface area contributed by atoms with Crippen LogP contribution in [0.2, 0.25) is 0 Å². The fourth-order valence-electron chi connectivity index (χ4n) is 2.61. The van der Waals surface area contributed by atoms with E-state index in [0.29, 0.717) is 6.42 Å². The number of carbonyl (C=O) groups excluding carboxylic acids is 3. The number of carboxylic acid groups (broad SMARTS) is 1. The van der Waals surface area contributed by atoms with Crippen LogP contribution in [-0.4, -0.2) is 66.5 Å². The highest BCUT2D eigenvalue weighted by Crippen LogP contribution is 2.04. The molecule has 170 valence electrons. The molecule has 2 atom stereocenters. The Balaban J connectivity index is 2.61. The van der Waals surface area contributed by atoms with Crippen LogP contribution in [0.5, 0.6) is 0 Å². The zero-order valence-electron chi connectivity index (χ0n) is 17.0. The van der Waals surface area contributed by atoms with E-state index in [4.69, 9.17) is 17.2 Å². The highest BCUT2D eigenvalue weighted by Gasteiger charge is 2.23. The zero-order chi connectivity index (χ0) is 23.2. The van der Waals surface area contributed by atoms with E-state index >= 15 is 0 Å². The predicted octanol–water partition coefficient (Wildman–Crippen LogP) is -2.59. The van der Waals surface area contributed by atoms with Gasteiger partial charge >= 0.3 is 5.97 Å². The average Bonchev–Trinajstić information content (AvgIpc) is 2.73. The van der Waals surface area contributed by atoms with Crippen LogP contribution in [0.15, 0.2) is 35.3 Å². The van der Waals surface area contributed by atoms with Gasteiger partial charge in [-0.2, -0.15) is 0 Å². The molecule has 1 aromatic carbocycles. The zero-order valence-corrected chi connectivity index (χ0v) is 17.0. The van der Waals surface area contributed by atoms with E-state index in [1.165, 1.54) is 0 Å². The molecule has 0 spiro atoms. The average molecular weight is 435 g/mol. The van der Waals surface area contributed by atoms with Crippen LogP contribution in [0.3, 0.4) is 0 Å². The Morgan fingerprint density at radius 2 is 1.65 bits per heavy atom. The van der Waals surface area contributed by atoms with Crippen molar-refractivity contribution >= 4 is 29.7 Å². The van der Waals surface area contributed by atoms with Crippen LogP contribution < -0.4 is 33.2 Å². The molecule has 31 heavy (non-hydrogen) atoms. The van der Waals surface area contributed by atoms with Crippen LogP contribution >= 0.6 is 0 Å². The smallest absolute Gasteiger partial charge is 0.326 e. The van der Waals surface area contributed by atoms with Crippen molar-refractivity contribution < 1.29 is 24.3 Å². The minimum absolute atomic E-state index is 0.106. The summed E-state index contributed by atoms with van der Waals surface area (Å²) in [6.07, 6.45) is 0.642. The molecule has 12 heteroatoms. The number of benzene rings is 1. The van der Waals surface area contributed by atoms with E-state index in [1.54, 1.807) is 24.3 Å². The molecule has 0 bridgehead atoms. The predicted molar refractivity (Wildman–Crippen MR) is 114 cm³/mol. The van der Waals surface area contributed by atoms with Gasteiger partial charge in [0.05, 0.1) is 13.1 Å². The van der Waals surface area contributed by atoms with Gasteiger partial charge in [0.2, 0.25) is 17.7 Å². The molecular formula is C19H29N7O5. The summed E-state index contributed by atoms with van der Waals surface area (Å²) in [5.74, 6) is -3.13. The summed E-state index contributed by atoms with van der Waals surface area (Å²) in [4.78, 5) is 51.3. The van der Waals surface area contributed by atoms with Gasteiger partial charge in [-0.25, -0.2) is 4.79 Å². The monoisotopic (exact) mass is 435 g/mol. The van der Waals surface area contributed by atoms with Crippen LogP contribution in [0.4, 0.5) is 0 Å². The molecule has 3 amide bonds. The number of carboxylic acids is 1. The van der Waals surface area contributed by atoms with Crippen molar-refractivity contribution in [2.24, 2.45) is 22.2 Å². The number of amides is 3. The SMILES string of the molecule is NCC(=O)NC(Cc1ccccc1)C(=O)NCC(=O)NC(CCCN=C(N)N)C(=O)O. The number of rotatable bonds is 13. The second-order valence-corrected chi connectivity index (χ2v) is 6.64. The Hall–Kier alpha value is -3.67. The lowest BCUT2D eigenvalue weighted by Crippen LogP contribution is -2.52. The van der Waals surface area contributed by atoms with E-state index in [1.807, 2.05) is 6.07 Å². The van der Waals surface area contributed by atoms with Gasteiger partial charge in [0, 0.05) is 13.0 Å².